The van der Waals surface area contributed by atoms with Gasteiger partial charge in [-0.25, -0.2) is 0 Å². The molecule has 3 aliphatic rings. The zero-order chi connectivity index (χ0) is 26.1. The Morgan fingerprint density at radius 2 is 1.92 bits per heavy atom. The maximum atomic E-state index is 14.1. The number of hydrogen-bond donors (Lipinski definition) is 3. The van der Waals surface area contributed by atoms with Gasteiger partial charge in [0.1, 0.15) is 11.5 Å². The number of aliphatic hydroxyl groups excluding tert-OH is 1. The van der Waals surface area contributed by atoms with E-state index in [4.69, 9.17) is 4.74 Å². The van der Waals surface area contributed by atoms with Gasteiger partial charge in [0.25, 0.3) is 0 Å². The number of rotatable bonds is 4. The van der Waals surface area contributed by atoms with E-state index in [0.29, 0.717) is 12.8 Å². The maximum Gasteiger partial charge on any atom is 0.303 e. The molecule has 1 aliphatic heterocycles. The fourth-order valence-corrected chi connectivity index (χ4v) is 6.80. The number of ether oxygens (including phenoxy) is 1. The van der Waals surface area contributed by atoms with Gasteiger partial charge in [-0.2, -0.15) is 0 Å². The fourth-order valence-electron chi connectivity index (χ4n) is 6.80. The first kappa shape index (κ1) is 26.4. The van der Waals surface area contributed by atoms with Crippen LogP contribution in [0, 0.1) is 29.1 Å². The smallest absolute Gasteiger partial charge is 0.303 e. The first-order valence-electron chi connectivity index (χ1n) is 13.0. The summed E-state index contributed by atoms with van der Waals surface area (Å²) in [6.45, 7) is 7.14. The van der Waals surface area contributed by atoms with Gasteiger partial charge in [0.2, 0.25) is 5.91 Å². The Morgan fingerprint density at radius 3 is 2.58 bits per heavy atom. The second-order valence-electron chi connectivity index (χ2n) is 11.2. The molecule has 8 atom stereocenters. The van der Waals surface area contributed by atoms with E-state index in [2.05, 4.69) is 18.3 Å². The molecule has 1 saturated heterocycles. The molecule has 0 unspecified atom stereocenters. The Hall–Kier alpha value is -2.70. The van der Waals surface area contributed by atoms with Crippen LogP contribution in [0.15, 0.2) is 66.3 Å². The largest absolute Gasteiger partial charge is 0.457 e. The molecule has 6 nitrogen and oxygen atoms in total. The topological polar surface area (TPSA) is 95.9 Å². The van der Waals surface area contributed by atoms with Gasteiger partial charge < -0.3 is 20.3 Å². The normalized spacial score (nSPS) is 40.1. The second kappa shape index (κ2) is 10.3. The Bertz CT molecular complexity index is 1060. The zero-order valence-corrected chi connectivity index (χ0v) is 21.7. The van der Waals surface area contributed by atoms with Crippen molar-refractivity contribution >= 4 is 11.9 Å². The quantitative estimate of drug-likeness (QED) is 0.439. The Morgan fingerprint density at radius 1 is 1.19 bits per heavy atom. The van der Waals surface area contributed by atoms with E-state index >= 15 is 0 Å². The third-order valence-electron chi connectivity index (χ3n) is 8.28. The molecule has 194 valence electrons. The van der Waals surface area contributed by atoms with Crippen LogP contribution in [-0.2, 0) is 20.7 Å². The van der Waals surface area contributed by atoms with E-state index in [0.717, 1.165) is 17.6 Å². The van der Waals surface area contributed by atoms with E-state index in [1.165, 1.54) is 6.92 Å². The molecule has 4 rings (SSSR count). The van der Waals surface area contributed by atoms with Crippen LogP contribution in [0.1, 0.15) is 46.1 Å². The van der Waals surface area contributed by atoms with Crippen LogP contribution in [0.3, 0.4) is 0 Å². The van der Waals surface area contributed by atoms with Crippen molar-refractivity contribution in [2.75, 3.05) is 6.61 Å². The monoisotopic (exact) mass is 493 g/mol. The van der Waals surface area contributed by atoms with Gasteiger partial charge >= 0.3 is 5.97 Å². The van der Waals surface area contributed by atoms with Gasteiger partial charge in [-0.3, -0.25) is 9.59 Å². The molecule has 0 aromatic heterocycles. The van der Waals surface area contributed by atoms with Gasteiger partial charge in [-0.1, -0.05) is 68.5 Å². The van der Waals surface area contributed by atoms with E-state index in [9.17, 15) is 19.8 Å². The van der Waals surface area contributed by atoms with Gasteiger partial charge in [0.15, 0.2) is 0 Å². The summed E-state index contributed by atoms with van der Waals surface area (Å²) in [4.78, 5) is 26.5. The van der Waals surface area contributed by atoms with Crippen molar-refractivity contribution in [1.29, 1.82) is 0 Å². The van der Waals surface area contributed by atoms with E-state index in [1.54, 1.807) is 19.1 Å². The standard InChI is InChI=1S/C30H39NO5/c1-19-9-8-12-24-16-23(18-32)20(2)27-25(15-22-10-6-5-7-11-22)31-28(34)30(24,27)26(36-21(3)33)13-14-29(4,35)17-19/h5-8,10-14,16,19-20,24-27,32,35H,9,15,17-18H2,1-4H3,(H,31,34)/b12-8+,14-13+/t19-,20+,24-,25-,26+,27-,29-,30+/m0/s1. The molecule has 0 saturated carbocycles. The third kappa shape index (κ3) is 4.94. The van der Waals surface area contributed by atoms with Gasteiger partial charge in [0, 0.05) is 24.8 Å². The summed E-state index contributed by atoms with van der Waals surface area (Å²) in [5.41, 5.74) is -0.227. The van der Waals surface area contributed by atoms with Gasteiger partial charge in [-0.05, 0) is 55.2 Å². The summed E-state index contributed by atoms with van der Waals surface area (Å²) < 4.78 is 5.92. The summed E-state index contributed by atoms with van der Waals surface area (Å²) in [6, 6.07) is 9.81. The van der Waals surface area contributed by atoms with E-state index < -0.39 is 23.1 Å². The molecule has 1 spiro atoms. The van der Waals surface area contributed by atoms with Crippen molar-refractivity contribution < 1.29 is 24.5 Å². The number of allylic oxidation sites excluding steroid dienone is 3. The van der Waals surface area contributed by atoms with Crippen LogP contribution < -0.4 is 5.32 Å². The predicted octanol–water partition coefficient (Wildman–Crippen LogP) is 3.74. The van der Waals surface area contributed by atoms with Crippen molar-refractivity contribution in [2.24, 2.45) is 29.1 Å². The molecule has 2 aliphatic carbocycles. The number of carbonyl (C=O) groups is 2. The summed E-state index contributed by atoms with van der Waals surface area (Å²) in [5, 5.41) is 24.6. The van der Waals surface area contributed by atoms with Crippen molar-refractivity contribution in [3.05, 3.63) is 71.8 Å². The predicted molar refractivity (Wildman–Crippen MR) is 139 cm³/mol. The minimum atomic E-state index is -1.11. The number of carbonyl (C=O) groups excluding carboxylic acids is 2. The molecule has 0 radical (unpaired) electrons. The lowest BCUT2D eigenvalue weighted by Crippen LogP contribution is -2.55. The maximum absolute atomic E-state index is 14.1. The lowest BCUT2D eigenvalue weighted by Gasteiger charge is -2.48. The highest BCUT2D eigenvalue weighted by Gasteiger charge is 2.66. The average Bonchev–Trinajstić information content (AvgIpc) is 3.10. The summed E-state index contributed by atoms with van der Waals surface area (Å²) in [7, 11) is 0. The van der Waals surface area contributed by atoms with Gasteiger partial charge in [-0.15, -0.1) is 0 Å². The van der Waals surface area contributed by atoms with Crippen LogP contribution in [0.2, 0.25) is 0 Å². The van der Waals surface area contributed by atoms with Crippen molar-refractivity contribution in [1.82, 2.24) is 5.32 Å². The van der Waals surface area contributed by atoms with Crippen molar-refractivity contribution in [2.45, 2.75) is 64.7 Å². The highest BCUT2D eigenvalue weighted by Crippen LogP contribution is 2.56. The molecule has 36 heavy (non-hydrogen) atoms. The lowest BCUT2D eigenvalue weighted by molar-refractivity contribution is -0.159. The van der Waals surface area contributed by atoms with E-state index in [-0.39, 0.29) is 42.2 Å². The lowest BCUT2D eigenvalue weighted by atomic mass is 9.54. The number of nitrogens with one attached hydrogen (secondary N) is 1. The second-order valence-corrected chi connectivity index (χ2v) is 11.2. The summed E-state index contributed by atoms with van der Waals surface area (Å²) in [6.07, 6.45) is 10.6. The van der Waals surface area contributed by atoms with E-state index in [1.807, 2.05) is 49.4 Å². The first-order chi connectivity index (χ1) is 17.1. The van der Waals surface area contributed by atoms with Crippen molar-refractivity contribution in [3.8, 4) is 0 Å². The van der Waals surface area contributed by atoms with Crippen LogP contribution in [-0.4, -0.2) is 46.4 Å². The Labute approximate surface area is 214 Å². The molecule has 1 heterocycles. The van der Waals surface area contributed by atoms with Crippen LogP contribution in [0.5, 0.6) is 0 Å². The van der Waals surface area contributed by atoms with Crippen LogP contribution in [0.25, 0.3) is 0 Å². The van der Waals surface area contributed by atoms with Gasteiger partial charge in [0.05, 0.1) is 12.2 Å². The molecule has 1 fully saturated rings. The molecule has 6 heteroatoms. The number of amides is 1. The minimum Gasteiger partial charge on any atom is -0.457 e. The first-order valence-corrected chi connectivity index (χ1v) is 13.0. The Balaban J connectivity index is 1.92. The van der Waals surface area contributed by atoms with Crippen molar-refractivity contribution in [3.63, 3.8) is 0 Å². The number of benzene rings is 1. The third-order valence-corrected chi connectivity index (χ3v) is 8.28. The molecule has 0 bridgehead atoms. The number of hydrogen-bond acceptors (Lipinski definition) is 5. The number of esters is 1. The highest BCUT2D eigenvalue weighted by molar-refractivity contribution is 5.89. The van der Waals surface area contributed by atoms with Crippen LogP contribution >= 0.6 is 0 Å². The summed E-state index contributed by atoms with van der Waals surface area (Å²) >= 11 is 0. The molecule has 1 aromatic rings. The molecular weight excluding hydrogens is 454 g/mol. The Kier molecular flexibility index (Phi) is 7.58. The minimum absolute atomic E-state index is 0.0937. The molecule has 1 amide bonds. The molecular formula is C30H39NO5. The highest BCUT2D eigenvalue weighted by atomic mass is 16.5. The zero-order valence-electron chi connectivity index (χ0n) is 21.7. The SMILES string of the molecule is CC(=O)O[C@@H]1/C=C/[C@](C)(O)C[C@@H](C)C/C=C/[C@H]2C=C(CO)[C@@H](C)[C@H]3[C@H](Cc4ccccc4)NC(=O)[C@]321. The summed E-state index contributed by atoms with van der Waals surface area (Å²) in [5.74, 6) is -1.18. The molecule has 1 aromatic carbocycles. The van der Waals surface area contributed by atoms with Crippen LogP contribution in [0.4, 0.5) is 0 Å². The number of aliphatic hydroxyl groups is 2. The molecule has 3 N–H and O–H groups in total. The average molecular weight is 494 g/mol. The fraction of sp³-hybridized carbons (Fsp3) is 0.533.